The van der Waals surface area contributed by atoms with Crippen LogP contribution < -0.4 is 11.2 Å². The maximum atomic E-state index is 13.4. The zero-order chi connectivity index (χ0) is 22.4. The minimum absolute atomic E-state index is 0.0133. The third-order valence-electron chi connectivity index (χ3n) is 5.16. The molecule has 1 amide bonds. The van der Waals surface area contributed by atoms with Crippen LogP contribution in [0.4, 0.5) is 4.39 Å². The number of nitrogens with two attached hydrogens (primary N) is 1. The number of nitrogens with zero attached hydrogens (tertiary/aromatic N) is 1. The van der Waals surface area contributed by atoms with Gasteiger partial charge in [-0.1, -0.05) is 39.3 Å². The van der Waals surface area contributed by atoms with Gasteiger partial charge in [-0.25, -0.2) is 4.39 Å². The minimum Gasteiger partial charge on any atom is -0.411 e. The molecule has 3 unspecified atom stereocenters. The number of carbonyl (C=O) groups is 1. The van der Waals surface area contributed by atoms with Gasteiger partial charge in [0.1, 0.15) is 17.8 Å². The first-order chi connectivity index (χ1) is 14.1. The fourth-order valence-electron chi connectivity index (χ4n) is 3.83. The van der Waals surface area contributed by atoms with Gasteiger partial charge in [0.2, 0.25) is 5.91 Å². The van der Waals surface area contributed by atoms with Gasteiger partial charge in [-0.3, -0.25) is 9.69 Å². The normalized spacial score (nSPS) is 21.8. The zero-order valence-electron chi connectivity index (χ0n) is 18.1. The first-order valence-corrected chi connectivity index (χ1v) is 10.8. The van der Waals surface area contributed by atoms with Crippen LogP contribution in [0.25, 0.3) is 5.76 Å². The molecular formula is C22H33ClFN3O3. The molecule has 1 aromatic carbocycles. The van der Waals surface area contributed by atoms with Gasteiger partial charge in [-0.15, -0.1) is 0 Å². The average Bonchev–Trinajstić information content (AvgIpc) is 2.66. The Morgan fingerprint density at radius 2 is 2.03 bits per heavy atom. The highest BCUT2D eigenvalue weighted by atomic mass is 35.5. The van der Waals surface area contributed by atoms with Crippen molar-refractivity contribution in [3.63, 3.8) is 0 Å². The lowest BCUT2D eigenvalue weighted by Crippen LogP contribution is -2.63. The second-order valence-corrected chi connectivity index (χ2v) is 9.12. The third-order valence-corrected chi connectivity index (χ3v) is 5.45. The van der Waals surface area contributed by atoms with E-state index in [1.54, 1.807) is 6.08 Å². The lowest BCUT2D eigenvalue weighted by Gasteiger charge is -2.42. The van der Waals surface area contributed by atoms with Crippen LogP contribution in [0.2, 0.25) is 5.02 Å². The molecule has 0 radical (unpaired) electrons. The predicted molar refractivity (Wildman–Crippen MR) is 117 cm³/mol. The summed E-state index contributed by atoms with van der Waals surface area (Å²) in [5.41, 5.74) is 0.504. The summed E-state index contributed by atoms with van der Waals surface area (Å²) in [5.74, 6) is 5.80. The summed E-state index contributed by atoms with van der Waals surface area (Å²) in [6, 6.07) is 3.72. The molecule has 1 aromatic rings. The van der Waals surface area contributed by atoms with Crippen molar-refractivity contribution in [3.05, 3.63) is 40.7 Å². The molecular weight excluding hydrogens is 409 g/mol. The Morgan fingerprint density at radius 1 is 1.37 bits per heavy atom. The number of benzene rings is 1. The summed E-state index contributed by atoms with van der Waals surface area (Å²) >= 11 is 5.84. The van der Waals surface area contributed by atoms with Gasteiger partial charge in [0.15, 0.2) is 0 Å². The molecule has 0 spiro atoms. The van der Waals surface area contributed by atoms with Crippen molar-refractivity contribution in [3.8, 4) is 0 Å². The van der Waals surface area contributed by atoms with Gasteiger partial charge >= 0.3 is 0 Å². The smallest absolute Gasteiger partial charge is 0.237 e. The third kappa shape index (κ3) is 6.67. The number of nitrogens with one attached hydrogen (secondary N) is 1. The first kappa shape index (κ1) is 24.6. The van der Waals surface area contributed by atoms with Crippen molar-refractivity contribution in [2.75, 3.05) is 6.54 Å². The molecule has 8 heteroatoms. The van der Waals surface area contributed by atoms with Crippen molar-refractivity contribution < 1.29 is 19.1 Å². The highest BCUT2D eigenvalue weighted by molar-refractivity contribution is 6.30. The molecule has 3 atom stereocenters. The number of aliphatic hydroxyl groups excluding tert-OH is 1. The summed E-state index contributed by atoms with van der Waals surface area (Å²) in [6.07, 6.45) is 2.41. The Balaban J connectivity index is 2.19. The standard InChI is InChI=1S/C22H33ClFN3O3/c1-13(2)9-16-12-27(19(10-14(3)4)22(29)26-16)21(28)8-7-20(30-25)15-5-6-18(24)17(23)11-15/h5-7,11,13-14,16,19,21,28H,8-10,12,25H2,1-4H3,(H,26,29). The largest absolute Gasteiger partial charge is 0.411 e. The Hall–Kier alpha value is -1.67. The van der Waals surface area contributed by atoms with Crippen molar-refractivity contribution in [1.29, 1.82) is 0 Å². The van der Waals surface area contributed by atoms with E-state index in [0.717, 1.165) is 6.42 Å². The molecule has 4 N–H and O–H groups in total. The van der Waals surface area contributed by atoms with Gasteiger partial charge in [-0.05, 0) is 49.0 Å². The Labute approximate surface area is 183 Å². The number of amides is 1. The van der Waals surface area contributed by atoms with E-state index in [4.69, 9.17) is 22.3 Å². The van der Waals surface area contributed by atoms with Crippen LogP contribution in [0.5, 0.6) is 0 Å². The molecule has 6 nitrogen and oxygen atoms in total. The van der Waals surface area contributed by atoms with Crippen LogP contribution >= 0.6 is 11.6 Å². The van der Waals surface area contributed by atoms with E-state index in [0.29, 0.717) is 30.4 Å². The molecule has 1 fully saturated rings. The second kappa shape index (κ2) is 11.1. The van der Waals surface area contributed by atoms with E-state index in [9.17, 15) is 14.3 Å². The van der Waals surface area contributed by atoms with Crippen LogP contribution in [0.1, 0.15) is 52.5 Å². The van der Waals surface area contributed by atoms with Crippen molar-refractivity contribution >= 4 is 23.3 Å². The van der Waals surface area contributed by atoms with Crippen LogP contribution in [0, 0.1) is 17.7 Å². The Morgan fingerprint density at radius 3 is 2.60 bits per heavy atom. The molecule has 0 saturated carbocycles. The van der Waals surface area contributed by atoms with Gasteiger partial charge in [-0.2, -0.15) is 5.90 Å². The number of aliphatic hydroxyl groups is 1. The van der Waals surface area contributed by atoms with Gasteiger partial charge < -0.3 is 15.3 Å². The molecule has 0 aromatic heterocycles. The molecule has 1 saturated heterocycles. The lowest BCUT2D eigenvalue weighted by atomic mass is 9.94. The fourth-order valence-corrected chi connectivity index (χ4v) is 4.01. The molecule has 30 heavy (non-hydrogen) atoms. The summed E-state index contributed by atoms with van der Waals surface area (Å²) in [4.78, 5) is 19.5. The molecule has 0 bridgehead atoms. The van der Waals surface area contributed by atoms with Crippen LogP contribution in [0.15, 0.2) is 24.3 Å². The predicted octanol–water partition coefficient (Wildman–Crippen LogP) is 3.68. The SMILES string of the molecule is CC(C)CC1CN(C(O)CC=C(ON)c2ccc(F)c(Cl)c2)C(CC(C)C)C(=O)N1. The summed E-state index contributed by atoms with van der Waals surface area (Å²) < 4.78 is 13.4. The van der Waals surface area contributed by atoms with E-state index in [1.807, 2.05) is 4.90 Å². The molecule has 168 valence electrons. The fraction of sp³-hybridized carbons (Fsp3) is 0.591. The topological polar surface area (TPSA) is 87.8 Å². The number of carbonyl (C=O) groups excluding carboxylic acids is 1. The second-order valence-electron chi connectivity index (χ2n) is 8.71. The van der Waals surface area contributed by atoms with Crippen molar-refractivity contribution in [1.82, 2.24) is 10.2 Å². The maximum absolute atomic E-state index is 13.4. The van der Waals surface area contributed by atoms with E-state index >= 15 is 0 Å². The first-order valence-electron chi connectivity index (χ1n) is 10.4. The Kier molecular flexibility index (Phi) is 9.09. The molecule has 1 aliphatic rings. The van der Waals surface area contributed by atoms with Crippen molar-refractivity contribution in [2.24, 2.45) is 17.7 Å². The number of piperazine rings is 1. The van der Waals surface area contributed by atoms with E-state index in [-0.39, 0.29) is 29.2 Å². The van der Waals surface area contributed by atoms with Crippen LogP contribution in [-0.4, -0.2) is 40.8 Å². The zero-order valence-corrected chi connectivity index (χ0v) is 18.8. The average molecular weight is 442 g/mol. The summed E-state index contributed by atoms with van der Waals surface area (Å²) in [7, 11) is 0. The van der Waals surface area contributed by atoms with Gasteiger partial charge in [0, 0.05) is 24.6 Å². The monoisotopic (exact) mass is 441 g/mol. The van der Waals surface area contributed by atoms with E-state index < -0.39 is 18.1 Å². The number of hydrogen-bond donors (Lipinski definition) is 3. The van der Waals surface area contributed by atoms with Crippen molar-refractivity contribution in [2.45, 2.75) is 65.3 Å². The summed E-state index contributed by atoms with van der Waals surface area (Å²) in [5, 5.41) is 14.0. The van der Waals surface area contributed by atoms with Gasteiger partial charge in [0.25, 0.3) is 0 Å². The summed E-state index contributed by atoms with van der Waals surface area (Å²) in [6.45, 7) is 8.88. The maximum Gasteiger partial charge on any atom is 0.237 e. The molecule has 2 rings (SSSR count). The number of halogens is 2. The Bertz CT molecular complexity index is 757. The quantitative estimate of drug-likeness (QED) is 0.402. The lowest BCUT2D eigenvalue weighted by molar-refractivity contribution is -0.140. The van der Waals surface area contributed by atoms with Crippen LogP contribution in [-0.2, 0) is 9.63 Å². The van der Waals surface area contributed by atoms with E-state index in [2.05, 4.69) is 33.0 Å². The minimum atomic E-state index is -0.893. The molecule has 0 aliphatic carbocycles. The highest BCUT2D eigenvalue weighted by Gasteiger charge is 2.37. The van der Waals surface area contributed by atoms with Crippen LogP contribution in [0.3, 0.4) is 0 Å². The molecule has 1 aliphatic heterocycles. The number of rotatable bonds is 9. The van der Waals surface area contributed by atoms with E-state index in [1.165, 1.54) is 18.2 Å². The highest BCUT2D eigenvalue weighted by Crippen LogP contribution is 2.25. The number of hydrogen-bond acceptors (Lipinski definition) is 5. The molecule has 1 heterocycles. The van der Waals surface area contributed by atoms with Gasteiger partial charge in [0.05, 0.1) is 11.1 Å².